The topological polar surface area (TPSA) is 31.0 Å². The van der Waals surface area contributed by atoms with Crippen LogP contribution in [0.4, 0.5) is 0 Å². The van der Waals surface area contributed by atoms with Crippen LogP contribution in [0, 0.1) is 5.92 Å². The van der Waals surface area contributed by atoms with Gasteiger partial charge in [0.1, 0.15) is 18.1 Å². The maximum atomic E-state index is 5.91. The summed E-state index contributed by atoms with van der Waals surface area (Å²) in [5.41, 5.74) is 2.77. The Kier molecular flexibility index (Phi) is 5.19. The Bertz CT molecular complexity index is 605. The molecule has 132 valence electrons. The fourth-order valence-electron chi connectivity index (χ4n) is 3.62. The van der Waals surface area contributed by atoms with Crippen LogP contribution in [0.15, 0.2) is 29.8 Å². The van der Waals surface area contributed by atoms with Crippen molar-refractivity contribution < 1.29 is 14.2 Å². The largest absolute Gasteiger partial charge is 0.493 e. The highest BCUT2D eigenvalue weighted by Crippen LogP contribution is 2.44. The number of epoxide rings is 1. The van der Waals surface area contributed by atoms with Crippen molar-refractivity contribution in [3.63, 3.8) is 0 Å². The monoisotopic (exact) mass is 330 g/mol. The molecule has 3 nitrogen and oxygen atoms in total. The number of fused-ring (bicyclic) bond motifs is 1. The van der Waals surface area contributed by atoms with Gasteiger partial charge in [-0.2, -0.15) is 0 Å². The first-order valence-electron chi connectivity index (χ1n) is 9.18. The van der Waals surface area contributed by atoms with E-state index in [9.17, 15) is 0 Å². The molecular weight excluding hydrogens is 300 g/mol. The smallest absolute Gasteiger partial charge is 0.126 e. The van der Waals surface area contributed by atoms with E-state index in [-0.39, 0.29) is 5.60 Å². The Hall–Kier alpha value is -1.48. The van der Waals surface area contributed by atoms with E-state index in [4.69, 9.17) is 14.2 Å². The zero-order valence-electron chi connectivity index (χ0n) is 15.4. The van der Waals surface area contributed by atoms with Crippen molar-refractivity contribution in [3.05, 3.63) is 35.4 Å². The van der Waals surface area contributed by atoms with Crippen molar-refractivity contribution in [3.8, 4) is 11.5 Å². The van der Waals surface area contributed by atoms with E-state index in [1.165, 1.54) is 11.1 Å². The first-order chi connectivity index (χ1) is 11.5. The van der Waals surface area contributed by atoms with Crippen molar-refractivity contribution in [1.82, 2.24) is 0 Å². The van der Waals surface area contributed by atoms with Crippen LogP contribution in [0.25, 0.3) is 0 Å². The zero-order valence-corrected chi connectivity index (χ0v) is 15.4. The van der Waals surface area contributed by atoms with Crippen molar-refractivity contribution in [2.45, 2.75) is 65.1 Å². The molecule has 0 bridgehead atoms. The van der Waals surface area contributed by atoms with Crippen LogP contribution in [0.5, 0.6) is 11.5 Å². The average Bonchev–Trinajstić information content (AvgIpc) is 2.94. The second-order valence-corrected chi connectivity index (χ2v) is 7.79. The van der Waals surface area contributed by atoms with E-state index in [2.05, 4.69) is 39.8 Å². The van der Waals surface area contributed by atoms with Crippen molar-refractivity contribution in [2.24, 2.45) is 5.92 Å². The Morgan fingerprint density at radius 3 is 3.04 bits per heavy atom. The molecule has 2 unspecified atom stereocenters. The fraction of sp³-hybridized carbons (Fsp3) is 0.619. The summed E-state index contributed by atoms with van der Waals surface area (Å²) in [5.74, 6) is 2.56. The van der Waals surface area contributed by atoms with Crippen LogP contribution < -0.4 is 9.47 Å². The Morgan fingerprint density at radius 2 is 2.25 bits per heavy atom. The fourth-order valence-corrected chi connectivity index (χ4v) is 3.62. The van der Waals surface area contributed by atoms with Crippen LogP contribution in [0.3, 0.4) is 0 Å². The summed E-state index contributed by atoms with van der Waals surface area (Å²) < 4.78 is 17.3. The van der Waals surface area contributed by atoms with Crippen LogP contribution in [0.2, 0.25) is 0 Å². The molecule has 2 aliphatic rings. The molecule has 3 heteroatoms. The van der Waals surface area contributed by atoms with Gasteiger partial charge in [0.2, 0.25) is 0 Å². The molecule has 0 spiro atoms. The van der Waals surface area contributed by atoms with E-state index in [1.807, 2.05) is 12.1 Å². The minimum Gasteiger partial charge on any atom is -0.493 e. The summed E-state index contributed by atoms with van der Waals surface area (Å²) in [5, 5.41) is 0. The van der Waals surface area contributed by atoms with E-state index in [0.717, 1.165) is 43.8 Å². The van der Waals surface area contributed by atoms with Crippen molar-refractivity contribution in [1.29, 1.82) is 0 Å². The van der Waals surface area contributed by atoms with Crippen LogP contribution in [0.1, 0.15) is 52.5 Å². The first kappa shape index (κ1) is 17.3. The SMILES string of the molecule is CC(=CCOc1ccc2c(c1)OCC2)CCC1OC1(C)CC(C)C. The zero-order chi connectivity index (χ0) is 17.2. The van der Waals surface area contributed by atoms with E-state index >= 15 is 0 Å². The summed E-state index contributed by atoms with van der Waals surface area (Å²) in [6.07, 6.45) is 6.96. The third-order valence-electron chi connectivity index (χ3n) is 5.00. The number of hydrogen-bond acceptors (Lipinski definition) is 3. The molecule has 0 N–H and O–H groups in total. The quantitative estimate of drug-likeness (QED) is 0.500. The predicted octanol–water partition coefficient (Wildman–Crippen LogP) is 4.93. The molecule has 1 fully saturated rings. The third kappa shape index (κ3) is 4.32. The molecular formula is C21H30O3. The third-order valence-corrected chi connectivity index (χ3v) is 5.00. The molecule has 0 aromatic heterocycles. The molecule has 1 aromatic carbocycles. The van der Waals surface area contributed by atoms with Gasteiger partial charge in [-0.3, -0.25) is 0 Å². The van der Waals surface area contributed by atoms with Crippen LogP contribution in [-0.4, -0.2) is 24.9 Å². The van der Waals surface area contributed by atoms with Gasteiger partial charge in [0.25, 0.3) is 0 Å². The standard InChI is InChI=1S/C21H30O3/c1-15(2)14-21(4)20(24-21)8-5-16(3)9-11-22-18-7-6-17-10-12-23-19(17)13-18/h6-7,9,13,15,20H,5,8,10-12,14H2,1-4H3. The molecule has 0 saturated carbocycles. The van der Waals surface area contributed by atoms with Gasteiger partial charge in [0.05, 0.1) is 18.3 Å². The first-order valence-corrected chi connectivity index (χ1v) is 9.18. The molecule has 0 amide bonds. The van der Waals surface area contributed by atoms with Crippen LogP contribution >= 0.6 is 0 Å². The predicted molar refractivity (Wildman–Crippen MR) is 96.9 cm³/mol. The minimum atomic E-state index is 0.120. The van der Waals surface area contributed by atoms with E-state index < -0.39 is 0 Å². The summed E-state index contributed by atoms with van der Waals surface area (Å²) in [6.45, 7) is 10.3. The molecule has 1 aromatic rings. The highest BCUT2D eigenvalue weighted by molar-refractivity contribution is 5.42. The normalized spacial score (nSPS) is 25.5. The molecule has 1 saturated heterocycles. The van der Waals surface area contributed by atoms with Gasteiger partial charge in [0, 0.05) is 12.5 Å². The molecule has 0 radical (unpaired) electrons. The second-order valence-electron chi connectivity index (χ2n) is 7.79. The summed E-state index contributed by atoms with van der Waals surface area (Å²) in [4.78, 5) is 0. The highest BCUT2D eigenvalue weighted by atomic mass is 16.6. The molecule has 24 heavy (non-hydrogen) atoms. The van der Waals surface area contributed by atoms with Crippen molar-refractivity contribution in [2.75, 3.05) is 13.2 Å². The van der Waals surface area contributed by atoms with Gasteiger partial charge in [-0.15, -0.1) is 0 Å². The number of benzene rings is 1. The summed E-state index contributed by atoms with van der Waals surface area (Å²) in [7, 11) is 0. The van der Waals surface area contributed by atoms with Gasteiger partial charge in [-0.25, -0.2) is 0 Å². The minimum absolute atomic E-state index is 0.120. The summed E-state index contributed by atoms with van der Waals surface area (Å²) >= 11 is 0. The number of ether oxygens (including phenoxy) is 3. The van der Waals surface area contributed by atoms with Gasteiger partial charge >= 0.3 is 0 Å². The molecule has 0 aliphatic carbocycles. The van der Waals surface area contributed by atoms with Gasteiger partial charge < -0.3 is 14.2 Å². The maximum absolute atomic E-state index is 5.91. The Morgan fingerprint density at radius 1 is 1.42 bits per heavy atom. The number of allylic oxidation sites excluding steroid dienone is 1. The number of rotatable bonds is 8. The molecule has 3 rings (SSSR count). The number of hydrogen-bond donors (Lipinski definition) is 0. The maximum Gasteiger partial charge on any atom is 0.126 e. The molecule has 2 heterocycles. The van der Waals surface area contributed by atoms with E-state index in [1.54, 1.807) is 0 Å². The lowest BCUT2D eigenvalue weighted by molar-refractivity contribution is 0.274. The summed E-state index contributed by atoms with van der Waals surface area (Å²) in [6, 6.07) is 6.14. The van der Waals surface area contributed by atoms with Gasteiger partial charge in [-0.1, -0.05) is 25.5 Å². The highest BCUT2D eigenvalue weighted by Gasteiger charge is 2.51. The molecule has 2 aliphatic heterocycles. The Labute approximate surface area is 146 Å². The molecule has 2 atom stereocenters. The van der Waals surface area contributed by atoms with Crippen LogP contribution in [-0.2, 0) is 11.2 Å². The Balaban J connectivity index is 1.39. The van der Waals surface area contributed by atoms with Gasteiger partial charge in [0.15, 0.2) is 0 Å². The lowest BCUT2D eigenvalue weighted by Gasteiger charge is -2.09. The lowest BCUT2D eigenvalue weighted by Crippen LogP contribution is -2.13. The van der Waals surface area contributed by atoms with E-state index in [0.29, 0.717) is 18.6 Å². The average molecular weight is 330 g/mol. The second kappa shape index (κ2) is 7.18. The van der Waals surface area contributed by atoms with Crippen molar-refractivity contribution >= 4 is 0 Å². The van der Waals surface area contributed by atoms with Gasteiger partial charge in [-0.05, 0) is 56.7 Å². The lowest BCUT2D eigenvalue weighted by atomic mass is 9.93.